The Morgan fingerprint density at radius 3 is 1.80 bits per heavy atom. The Labute approximate surface area is 133 Å². The monoisotopic (exact) mass is 352 g/mol. The minimum atomic E-state index is 0.333. The van der Waals surface area contributed by atoms with Crippen LogP contribution in [0.3, 0.4) is 0 Å². The van der Waals surface area contributed by atoms with Crippen LogP contribution >= 0.6 is 15.9 Å². The van der Waals surface area contributed by atoms with E-state index >= 15 is 0 Å². The lowest BCUT2D eigenvalue weighted by Gasteiger charge is -2.29. The minimum Gasteiger partial charge on any atom is -0.379 e. The smallest absolute Gasteiger partial charge is 0.0701 e. The van der Waals surface area contributed by atoms with Gasteiger partial charge < -0.3 is 14.2 Å². The maximum absolute atomic E-state index is 5.62. The van der Waals surface area contributed by atoms with Crippen molar-refractivity contribution in [2.45, 2.75) is 47.0 Å². The van der Waals surface area contributed by atoms with Gasteiger partial charge in [0.2, 0.25) is 0 Å². The molecule has 1 atom stereocenters. The van der Waals surface area contributed by atoms with Gasteiger partial charge >= 0.3 is 0 Å². The minimum absolute atomic E-state index is 0.333. The lowest BCUT2D eigenvalue weighted by molar-refractivity contribution is 0.0100. The second kappa shape index (κ2) is 13.1. The molecule has 0 aliphatic heterocycles. The fourth-order valence-corrected chi connectivity index (χ4v) is 3.05. The van der Waals surface area contributed by atoms with E-state index in [-0.39, 0.29) is 0 Å². The van der Waals surface area contributed by atoms with Gasteiger partial charge in [-0.1, -0.05) is 50.0 Å². The first kappa shape index (κ1) is 20.4. The van der Waals surface area contributed by atoms with Gasteiger partial charge in [-0.2, -0.15) is 0 Å². The van der Waals surface area contributed by atoms with Crippen LogP contribution in [0.5, 0.6) is 0 Å². The van der Waals surface area contributed by atoms with Gasteiger partial charge in [0.05, 0.1) is 26.4 Å². The molecule has 122 valence electrons. The van der Waals surface area contributed by atoms with Crippen LogP contribution < -0.4 is 0 Å². The summed E-state index contributed by atoms with van der Waals surface area (Å²) in [6, 6.07) is 0. The molecular weight excluding hydrogens is 320 g/mol. The predicted octanol–water partition coefficient (Wildman–Crippen LogP) is 4.28. The summed E-state index contributed by atoms with van der Waals surface area (Å²) in [4.78, 5) is 0. The molecule has 0 amide bonds. The van der Waals surface area contributed by atoms with E-state index < -0.39 is 0 Å². The summed E-state index contributed by atoms with van der Waals surface area (Å²) in [5, 5.41) is 1.03. The third-order valence-electron chi connectivity index (χ3n) is 3.41. The van der Waals surface area contributed by atoms with Crippen molar-refractivity contribution >= 4 is 15.9 Å². The molecule has 0 aliphatic carbocycles. The molecule has 4 heteroatoms. The molecule has 0 N–H and O–H groups in total. The highest BCUT2D eigenvalue weighted by Crippen LogP contribution is 2.30. The first-order valence-corrected chi connectivity index (χ1v) is 8.93. The van der Waals surface area contributed by atoms with Gasteiger partial charge in [0, 0.05) is 18.5 Å². The summed E-state index contributed by atoms with van der Waals surface area (Å²) >= 11 is 3.59. The maximum Gasteiger partial charge on any atom is 0.0701 e. The number of ether oxygens (including phenoxy) is 3. The Kier molecular flexibility index (Phi) is 13.3. The zero-order valence-electron chi connectivity index (χ0n) is 13.8. The van der Waals surface area contributed by atoms with Crippen LogP contribution in [0.15, 0.2) is 0 Å². The molecule has 0 bridgehead atoms. The van der Waals surface area contributed by atoms with Crippen LogP contribution in [-0.2, 0) is 14.2 Å². The van der Waals surface area contributed by atoms with E-state index in [0.29, 0.717) is 37.8 Å². The Morgan fingerprint density at radius 1 is 0.850 bits per heavy atom. The Hall–Kier alpha value is 0.360. The number of halogens is 1. The van der Waals surface area contributed by atoms with Crippen molar-refractivity contribution in [2.75, 3.05) is 45.0 Å². The zero-order valence-corrected chi connectivity index (χ0v) is 15.3. The summed E-state index contributed by atoms with van der Waals surface area (Å²) < 4.78 is 16.5. The predicted molar refractivity (Wildman–Crippen MR) is 88.7 cm³/mol. The number of unbranched alkanes of at least 4 members (excludes halogenated alkanes) is 1. The molecule has 0 fully saturated rings. The molecule has 0 aromatic rings. The van der Waals surface area contributed by atoms with Crippen molar-refractivity contribution in [3.05, 3.63) is 0 Å². The maximum atomic E-state index is 5.62. The average Bonchev–Trinajstić information content (AvgIpc) is 2.38. The summed E-state index contributed by atoms with van der Waals surface area (Å²) in [7, 11) is 0. The van der Waals surface area contributed by atoms with Crippen LogP contribution in [0.1, 0.15) is 47.0 Å². The summed E-state index contributed by atoms with van der Waals surface area (Å²) in [5.74, 6) is 0.649. The van der Waals surface area contributed by atoms with Crippen molar-refractivity contribution in [1.82, 2.24) is 0 Å². The van der Waals surface area contributed by atoms with Crippen LogP contribution in [0, 0.1) is 11.3 Å². The van der Waals surface area contributed by atoms with Gasteiger partial charge in [0.1, 0.15) is 0 Å². The van der Waals surface area contributed by atoms with Crippen molar-refractivity contribution in [3.63, 3.8) is 0 Å². The van der Waals surface area contributed by atoms with Crippen molar-refractivity contribution in [2.24, 2.45) is 11.3 Å². The van der Waals surface area contributed by atoms with Gasteiger partial charge in [-0.05, 0) is 24.2 Å². The van der Waals surface area contributed by atoms with E-state index in [9.17, 15) is 0 Å². The van der Waals surface area contributed by atoms with Crippen LogP contribution in [0.2, 0.25) is 0 Å². The molecule has 0 radical (unpaired) electrons. The van der Waals surface area contributed by atoms with E-state index in [4.69, 9.17) is 14.2 Å². The Balaban J connectivity index is 3.28. The van der Waals surface area contributed by atoms with Crippen LogP contribution in [0.4, 0.5) is 0 Å². The van der Waals surface area contributed by atoms with E-state index in [1.165, 1.54) is 6.42 Å². The summed E-state index contributed by atoms with van der Waals surface area (Å²) in [6.07, 6.45) is 3.40. The van der Waals surface area contributed by atoms with Gasteiger partial charge in [0.25, 0.3) is 0 Å². The second-order valence-electron chi connectivity index (χ2n) is 6.20. The van der Waals surface area contributed by atoms with E-state index in [1.807, 2.05) is 0 Å². The molecule has 0 heterocycles. The lowest BCUT2D eigenvalue weighted by Crippen LogP contribution is -2.23. The molecule has 0 spiro atoms. The quantitative estimate of drug-likeness (QED) is 0.365. The molecule has 3 nitrogen and oxygen atoms in total. The van der Waals surface area contributed by atoms with E-state index in [0.717, 1.165) is 31.4 Å². The molecule has 0 aromatic heterocycles. The van der Waals surface area contributed by atoms with Crippen LogP contribution in [0.25, 0.3) is 0 Å². The largest absolute Gasteiger partial charge is 0.379 e. The number of hydrogen-bond acceptors (Lipinski definition) is 3. The Bertz CT molecular complexity index is 204. The normalized spacial score (nSPS) is 13.7. The molecule has 0 aromatic carbocycles. The third-order valence-corrected chi connectivity index (χ3v) is 4.19. The molecule has 0 saturated carbocycles. The van der Waals surface area contributed by atoms with E-state index in [1.54, 1.807) is 0 Å². The van der Waals surface area contributed by atoms with Gasteiger partial charge in [-0.15, -0.1) is 0 Å². The third kappa shape index (κ3) is 12.1. The van der Waals surface area contributed by atoms with Crippen molar-refractivity contribution in [1.29, 1.82) is 0 Å². The molecule has 0 aliphatic rings. The van der Waals surface area contributed by atoms with Crippen LogP contribution in [-0.4, -0.2) is 45.0 Å². The fraction of sp³-hybridized carbons (Fsp3) is 1.00. The SMILES string of the molecule is CCCCOCCOCCOCCC(CBr)C(C)(C)C. The molecule has 1 unspecified atom stereocenters. The number of alkyl halides is 1. The van der Waals surface area contributed by atoms with Gasteiger partial charge in [-0.3, -0.25) is 0 Å². The fourth-order valence-electron chi connectivity index (χ4n) is 1.76. The highest BCUT2D eigenvalue weighted by molar-refractivity contribution is 9.09. The zero-order chi connectivity index (χ0) is 15.3. The molecule has 0 saturated heterocycles. The van der Waals surface area contributed by atoms with Gasteiger partial charge in [-0.25, -0.2) is 0 Å². The number of rotatable bonds is 13. The van der Waals surface area contributed by atoms with Gasteiger partial charge in [0.15, 0.2) is 0 Å². The standard InChI is InChI=1S/C16H33BrO3/c1-5-6-8-18-10-12-20-13-11-19-9-7-15(14-17)16(2,3)4/h15H,5-14H2,1-4H3. The average molecular weight is 353 g/mol. The first-order chi connectivity index (χ1) is 9.52. The molecule has 20 heavy (non-hydrogen) atoms. The second-order valence-corrected chi connectivity index (χ2v) is 6.84. The summed E-state index contributed by atoms with van der Waals surface area (Å²) in [6.45, 7) is 13.3. The Morgan fingerprint density at radius 2 is 1.35 bits per heavy atom. The highest BCUT2D eigenvalue weighted by atomic mass is 79.9. The van der Waals surface area contributed by atoms with Crippen molar-refractivity contribution < 1.29 is 14.2 Å². The highest BCUT2D eigenvalue weighted by Gasteiger charge is 2.22. The van der Waals surface area contributed by atoms with E-state index in [2.05, 4.69) is 43.6 Å². The number of hydrogen-bond donors (Lipinski definition) is 0. The van der Waals surface area contributed by atoms with Crippen molar-refractivity contribution in [3.8, 4) is 0 Å². The first-order valence-electron chi connectivity index (χ1n) is 7.81. The lowest BCUT2D eigenvalue weighted by atomic mass is 9.80. The summed E-state index contributed by atoms with van der Waals surface area (Å²) in [5.41, 5.74) is 0.333. The molecule has 0 rings (SSSR count). The molecular formula is C16H33BrO3. The topological polar surface area (TPSA) is 27.7 Å².